The SMILES string of the molecule is COc1ccccc1C1CCN(C(=O)/C=C/c2cnc3c(c2)CCC(=O)N3)CC1.[HH]. The Hall–Kier alpha value is -3.15. The first kappa shape index (κ1) is 19.2. The highest BCUT2D eigenvalue weighted by Gasteiger charge is 2.24. The van der Waals surface area contributed by atoms with E-state index in [9.17, 15) is 9.59 Å². The lowest BCUT2D eigenvalue weighted by atomic mass is 9.89. The fourth-order valence-electron chi connectivity index (χ4n) is 4.05. The van der Waals surface area contributed by atoms with Crippen LogP contribution in [-0.2, 0) is 16.0 Å². The number of carbonyl (C=O) groups excluding carboxylic acids is 2. The Morgan fingerprint density at radius 3 is 2.86 bits per heavy atom. The van der Waals surface area contributed by atoms with Crippen molar-refractivity contribution in [1.29, 1.82) is 0 Å². The predicted molar refractivity (Wildman–Crippen MR) is 114 cm³/mol. The van der Waals surface area contributed by atoms with E-state index in [1.54, 1.807) is 25.5 Å². The van der Waals surface area contributed by atoms with Gasteiger partial charge in [0.1, 0.15) is 11.6 Å². The van der Waals surface area contributed by atoms with Crippen molar-refractivity contribution in [3.63, 3.8) is 0 Å². The molecule has 0 atom stereocenters. The Morgan fingerprint density at radius 2 is 2.07 bits per heavy atom. The summed E-state index contributed by atoms with van der Waals surface area (Å²) in [5, 5.41) is 2.77. The maximum absolute atomic E-state index is 12.6. The van der Waals surface area contributed by atoms with Gasteiger partial charge in [0, 0.05) is 33.2 Å². The third-order valence-corrected chi connectivity index (χ3v) is 5.67. The van der Waals surface area contributed by atoms with Crippen molar-refractivity contribution in [3.05, 3.63) is 59.3 Å². The van der Waals surface area contributed by atoms with Crippen LogP contribution in [0.15, 0.2) is 42.6 Å². The van der Waals surface area contributed by atoms with Crippen molar-refractivity contribution >= 4 is 23.7 Å². The summed E-state index contributed by atoms with van der Waals surface area (Å²) in [7, 11) is 1.70. The van der Waals surface area contributed by atoms with Gasteiger partial charge in [-0.15, -0.1) is 0 Å². The second-order valence-corrected chi connectivity index (χ2v) is 7.50. The smallest absolute Gasteiger partial charge is 0.246 e. The standard InChI is InChI=1S/C23H25N3O3.H2/c1-29-20-5-3-2-4-19(20)17-10-12-26(13-11-17)22(28)9-6-16-14-18-7-8-21(27)25-23(18)24-15-16;/h2-6,9,14-15,17H,7-8,10-13H2,1H3,(H,24,25,27);1H/b9-6+;. The molecular weight excluding hydrogens is 366 g/mol. The zero-order valence-corrected chi connectivity index (χ0v) is 16.6. The quantitative estimate of drug-likeness (QED) is 0.805. The molecule has 4 rings (SSSR count). The van der Waals surface area contributed by atoms with Gasteiger partial charge in [0.25, 0.3) is 0 Å². The Kier molecular flexibility index (Phi) is 5.60. The van der Waals surface area contributed by atoms with Crippen LogP contribution in [-0.4, -0.2) is 41.9 Å². The van der Waals surface area contributed by atoms with Crippen molar-refractivity contribution in [1.82, 2.24) is 9.88 Å². The molecule has 0 bridgehead atoms. The van der Waals surface area contributed by atoms with Crippen molar-refractivity contribution in [3.8, 4) is 5.75 Å². The van der Waals surface area contributed by atoms with E-state index in [-0.39, 0.29) is 13.2 Å². The summed E-state index contributed by atoms with van der Waals surface area (Å²) in [6.45, 7) is 1.47. The summed E-state index contributed by atoms with van der Waals surface area (Å²) in [6, 6.07) is 10.1. The number of carbonyl (C=O) groups is 2. The fourth-order valence-corrected chi connectivity index (χ4v) is 4.05. The van der Waals surface area contributed by atoms with Crippen LogP contribution in [0.2, 0.25) is 0 Å². The Morgan fingerprint density at radius 1 is 1.28 bits per heavy atom. The number of ether oxygens (including phenoxy) is 1. The number of aromatic nitrogens is 1. The Balaban J connectivity index is 0.00000256. The maximum atomic E-state index is 12.6. The molecule has 1 fully saturated rings. The number of pyridine rings is 1. The average Bonchev–Trinajstić information content (AvgIpc) is 2.77. The van der Waals surface area contributed by atoms with Crippen molar-refractivity contribution < 1.29 is 15.8 Å². The molecule has 6 heteroatoms. The lowest BCUT2D eigenvalue weighted by Gasteiger charge is -2.32. The molecule has 1 aromatic carbocycles. The number of para-hydroxylation sites is 1. The third-order valence-electron chi connectivity index (χ3n) is 5.67. The van der Waals surface area contributed by atoms with E-state index < -0.39 is 0 Å². The molecule has 2 aliphatic rings. The minimum Gasteiger partial charge on any atom is -0.496 e. The summed E-state index contributed by atoms with van der Waals surface area (Å²) in [5.41, 5.74) is 3.11. The second kappa shape index (κ2) is 8.47. The van der Waals surface area contributed by atoms with Gasteiger partial charge in [0.2, 0.25) is 11.8 Å². The van der Waals surface area contributed by atoms with Crippen LogP contribution < -0.4 is 10.1 Å². The number of nitrogens with one attached hydrogen (secondary N) is 1. The number of methoxy groups -OCH3 is 1. The van der Waals surface area contributed by atoms with Gasteiger partial charge in [-0.1, -0.05) is 18.2 Å². The number of amides is 2. The molecule has 0 aliphatic carbocycles. The number of piperidine rings is 1. The first-order chi connectivity index (χ1) is 14.1. The van der Waals surface area contributed by atoms with Crippen LogP contribution in [0.25, 0.3) is 6.08 Å². The van der Waals surface area contributed by atoms with Crippen molar-refractivity contribution in [2.75, 3.05) is 25.5 Å². The highest BCUT2D eigenvalue weighted by Crippen LogP contribution is 2.34. The van der Waals surface area contributed by atoms with E-state index in [2.05, 4.69) is 16.4 Å². The largest absolute Gasteiger partial charge is 0.496 e. The monoisotopic (exact) mass is 393 g/mol. The molecule has 1 saturated heterocycles. The molecule has 2 amide bonds. The number of hydrogen-bond donors (Lipinski definition) is 1. The third kappa shape index (κ3) is 4.31. The van der Waals surface area contributed by atoms with E-state index in [4.69, 9.17) is 4.74 Å². The lowest BCUT2D eigenvalue weighted by molar-refractivity contribution is -0.127. The van der Waals surface area contributed by atoms with Gasteiger partial charge in [0.15, 0.2) is 0 Å². The summed E-state index contributed by atoms with van der Waals surface area (Å²) >= 11 is 0. The van der Waals surface area contributed by atoms with E-state index in [1.165, 1.54) is 5.56 Å². The molecule has 0 radical (unpaired) electrons. The number of nitrogens with zero attached hydrogens (tertiary/aromatic N) is 2. The van der Waals surface area contributed by atoms with Gasteiger partial charge in [0.05, 0.1) is 7.11 Å². The van der Waals surface area contributed by atoms with Crippen LogP contribution in [0.4, 0.5) is 5.82 Å². The van der Waals surface area contributed by atoms with E-state index in [0.717, 1.165) is 42.8 Å². The van der Waals surface area contributed by atoms with Gasteiger partial charge >= 0.3 is 0 Å². The summed E-state index contributed by atoms with van der Waals surface area (Å²) < 4.78 is 5.49. The fraction of sp³-hybridized carbons (Fsp3) is 0.348. The molecular formula is C23H27N3O3. The number of likely N-dealkylation sites (tertiary alicyclic amines) is 1. The normalized spacial score (nSPS) is 17.1. The van der Waals surface area contributed by atoms with E-state index >= 15 is 0 Å². The Labute approximate surface area is 172 Å². The minimum absolute atomic E-state index is 0. The van der Waals surface area contributed by atoms with Crippen LogP contribution in [0.5, 0.6) is 5.75 Å². The molecule has 2 aliphatic heterocycles. The number of fused-ring (bicyclic) bond motifs is 1. The zero-order chi connectivity index (χ0) is 20.2. The van der Waals surface area contributed by atoms with Gasteiger partial charge in [-0.05, 0) is 60.1 Å². The van der Waals surface area contributed by atoms with Gasteiger partial charge in [-0.2, -0.15) is 0 Å². The van der Waals surface area contributed by atoms with Crippen LogP contribution in [0.1, 0.15) is 43.3 Å². The van der Waals surface area contributed by atoms with Crippen LogP contribution in [0, 0.1) is 0 Å². The first-order valence-electron chi connectivity index (χ1n) is 10.0. The molecule has 0 unspecified atom stereocenters. The van der Waals surface area contributed by atoms with Crippen LogP contribution in [0.3, 0.4) is 0 Å². The molecule has 1 aromatic heterocycles. The van der Waals surface area contributed by atoms with Crippen molar-refractivity contribution in [2.45, 2.75) is 31.6 Å². The van der Waals surface area contributed by atoms with Gasteiger partial charge < -0.3 is 15.0 Å². The number of anilines is 1. The molecule has 2 aromatic rings. The molecule has 3 heterocycles. The molecule has 29 heavy (non-hydrogen) atoms. The van der Waals surface area contributed by atoms with Crippen molar-refractivity contribution in [2.24, 2.45) is 0 Å². The zero-order valence-electron chi connectivity index (χ0n) is 16.6. The number of hydrogen-bond acceptors (Lipinski definition) is 4. The average molecular weight is 393 g/mol. The first-order valence-corrected chi connectivity index (χ1v) is 10.0. The number of aryl methyl sites for hydroxylation is 1. The minimum atomic E-state index is -0.00000443. The van der Waals surface area contributed by atoms with E-state index in [1.807, 2.05) is 29.2 Å². The maximum Gasteiger partial charge on any atom is 0.246 e. The van der Waals surface area contributed by atoms with E-state index in [0.29, 0.717) is 24.6 Å². The summed E-state index contributed by atoms with van der Waals surface area (Å²) in [6.07, 6.45) is 8.12. The van der Waals surface area contributed by atoms with Gasteiger partial charge in [-0.3, -0.25) is 9.59 Å². The van der Waals surface area contributed by atoms with Gasteiger partial charge in [-0.25, -0.2) is 4.98 Å². The lowest BCUT2D eigenvalue weighted by Crippen LogP contribution is -2.36. The highest BCUT2D eigenvalue weighted by atomic mass is 16.5. The molecule has 152 valence electrons. The molecule has 6 nitrogen and oxygen atoms in total. The molecule has 0 spiro atoms. The number of benzene rings is 1. The molecule has 1 N–H and O–H groups in total. The highest BCUT2D eigenvalue weighted by molar-refractivity contribution is 5.93. The molecule has 0 saturated carbocycles. The Bertz CT molecular complexity index is 952. The predicted octanol–water partition coefficient (Wildman–Crippen LogP) is 3.64. The second-order valence-electron chi connectivity index (χ2n) is 7.50. The topological polar surface area (TPSA) is 71.5 Å². The summed E-state index contributed by atoms with van der Waals surface area (Å²) in [5.74, 6) is 1.99. The van der Waals surface area contributed by atoms with Crippen LogP contribution >= 0.6 is 0 Å². The summed E-state index contributed by atoms with van der Waals surface area (Å²) in [4.78, 5) is 30.2. The number of rotatable bonds is 4.